The molecular formula is C33H33FN2O4. The number of nitrogens with one attached hydrogen (secondary N) is 1. The molecule has 1 heterocycles. The molecule has 2 N–H and O–H groups in total. The van der Waals surface area contributed by atoms with E-state index in [9.17, 15) is 23.9 Å². The van der Waals surface area contributed by atoms with E-state index >= 15 is 0 Å². The average Bonchev–Trinajstić information content (AvgIpc) is 3.06. The van der Waals surface area contributed by atoms with E-state index in [1.807, 2.05) is 12.1 Å². The van der Waals surface area contributed by atoms with Crippen molar-refractivity contribution in [2.75, 3.05) is 10.2 Å². The standard InChI is InChI=1S/C33H33FN2O4/c1-33(2,3)23-12-8-20(9-13-23)22-18-26-31(28(37)19-22)32(21-10-14-24(34)15-11-21)36(29(38)16-17-30(39)40)27-7-5-4-6-25(27)35-26/h4-15,22,32,35H,16-19H2,1-3H3,(H,39,40)/t22-,32+/m1/s1. The Labute approximate surface area is 233 Å². The van der Waals surface area contributed by atoms with Gasteiger partial charge in [-0.2, -0.15) is 0 Å². The van der Waals surface area contributed by atoms with Gasteiger partial charge in [-0.25, -0.2) is 4.39 Å². The van der Waals surface area contributed by atoms with Crippen LogP contribution in [0.5, 0.6) is 0 Å². The fraction of sp³-hybridized carbons (Fsp3) is 0.303. The van der Waals surface area contributed by atoms with E-state index < -0.39 is 23.7 Å². The summed E-state index contributed by atoms with van der Waals surface area (Å²) in [6.45, 7) is 6.49. The lowest BCUT2D eigenvalue weighted by Gasteiger charge is -2.35. The summed E-state index contributed by atoms with van der Waals surface area (Å²) in [4.78, 5) is 40.5. The molecule has 0 fully saturated rings. The Morgan fingerprint density at radius 3 is 2.23 bits per heavy atom. The topological polar surface area (TPSA) is 86.7 Å². The number of aliphatic carboxylic acids is 1. The van der Waals surface area contributed by atoms with Gasteiger partial charge in [-0.15, -0.1) is 0 Å². The van der Waals surface area contributed by atoms with Gasteiger partial charge < -0.3 is 10.4 Å². The summed E-state index contributed by atoms with van der Waals surface area (Å²) in [7, 11) is 0. The number of fused-ring (bicyclic) bond motifs is 1. The van der Waals surface area contributed by atoms with Crippen LogP contribution in [-0.4, -0.2) is 22.8 Å². The molecule has 7 heteroatoms. The Morgan fingerprint density at radius 1 is 0.925 bits per heavy atom. The molecule has 40 heavy (non-hydrogen) atoms. The van der Waals surface area contributed by atoms with Crippen LogP contribution in [0.15, 0.2) is 84.1 Å². The van der Waals surface area contributed by atoms with Crippen molar-refractivity contribution in [3.63, 3.8) is 0 Å². The van der Waals surface area contributed by atoms with Gasteiger partial charge in [0.05, 0.1) is 23.8 Å². The van der Waals surface area contributed by atoms with Crippen molar-refractivity contribution in [2.24, 2.45) is 0 Å². The molecule has 1 amide bonds. The molecule has 0 bridgehead atoms. The smallest absolute Gasteiger partial charge is 0.303 e. The van der Waals surface area contributed by atoms with Gasteiger partial charge in [0, 0.05) is 24.1 Å². The Hall–Kier alpha value is -4.26. The molecule has 6 nitrogen and oxygen atoms in total. The van der Waals surface area contributed by atoms with Gasteiger partial charge in [-0.05, 0) is 58.7 Å². The van der Waals surface area contributed by atoms with Crippen LogP contribution in [0.1, 0.15) is 75.1 Å². The molecule has 2 aliphatic rings. The molecule has 0 aromatic heterocycles. The Balaban J connectivity index is 1.63. The first-order valence-corrected chi connectivity index (χ1v) is 13.5. The molecule has 5 rings (SSSR count). The number of carboxylic acids is 1. The van der Waals surface area contributed by atoms with Crippen LogP contribution >= 0.6 is 0 Å². The summed E-state index contributed by atoms with van der Waals surface area (Å²) in [6.07, 6.45) is 0.244. The van der Waals surface area contributed by atoms with Gasteiger partial charge >= 0.3 is 5.97 Å². The number of amides is 1. The van der Waals surface area contributed by atoms with Gasteiger partial charge in [0.15, 0.2) is 5.78 Å². The van der Waals surface area contributed by atoms with E-state index in [0.717, 1.165) is 11.3 Å². The number of carbonyl (C=O) groups excluding carboxylic acids is 2. The van der Waals surface area contributed by atoms with Crippen LogP contribution in [0.4, 0.5) is 15.8 Å². The van der Waals surface area contributed by atoms with Crippen molar-refractivity contribution in [1.29, 1.82) is 0 Å². The van der Waals surface area contributed by atoms with Crippen LogP contribution in [0.2, 0.25) is 0 Å². The third kappa shape index (κ3) is 5.41. The van der Waals surface area contributed by atoms with Crippen LogP contribution in [0, 0.1) is 5.82 Å². The Morgan fingerprint density at radius 2 is 1.57 bits per heavy atom. The summed E-state index contributed by atoms with van der Waals surface area (Å²) in [6, 6.07) is 20.6. The second-order valence-corrected chi connectivity index (χ2v) is 11.5. The zero-order valence-corrected chi connectivity index (χ0v) is 22.9. The van der Waals surface area contributed by atoms with Crippen LogP contribution < -0.4 is 10.2 Å². The predicted octanol–water partition coefficient (Wildman–Crippen LogP) is 6.89. The molecule has 1 aliphatic carbocycles. The minimum absolute atomic E-state index is 0.0161. The second-order valence-electron chi connectivity index (χ2n) is 11.5. The molecule has 3 aromatic carbocycles. The van der Waals surface area contributed by atoms with Crippen molar-refractivity contribution in [3.05, 3.63) is 107 Å². The Kier molecular flexibility index (Phi) is 7.32. The number of carbonyl (C=O) groups is 3. The van der Waals surface area contributed by atoms with E-state index in [1.54, 1.807) is 24.3 Å². The summed E-state index contributed by atoms with van der Waals surface area (Å²) < 4.78 is 14.0. The minimum atomic E-state index is -1.08. The molecule has 0 radical (unpaired) electrons. The highest BCUT2D eigenvalue weighted by Crippen LogP contribution is 2.47. The third-order valence-electron chi connectivity index (χ3n) is 7.74. The number of nitrogens with zero attached hydrogens (tertiary/aromatic N) is 1. The van der Waals surface area contributed by atoms with E-state index in [2.05, 4.69) is 50.4 Å². The zero-order valence-electron chi connectivity index (χ0n) is 22.9. The highest BCUT2D eigenvalue weighted by atomic mass is 19.1. The van der Waals surface area contributed by atoms with Gasteiger partial charge in [-0.1, -0.05) is 69.3 Å². The molecule has 0 saturated heterocycles. The van der Waals surface area contributed by atoms with Gasteiger partial charge in [-0.3, -0.25) is 19.3 Å². The number of benzene rings is 3. The van der Waals surface area contributed by atoms with Crippen molar-refractivity contribution in [3.8, 4) is 0 Å². The molecule has 0 saturated carbocycles. The highest BCUT2D eigenvalue weighted by molar-refractivity contribution is 6.06. The molecule has 0 spiro atoms. The lowest BCUT2D eigenvalue weighted by atomic mass is 9.77. The molecule has 206 valence electrons. The lowest BCUT2D eigenvalue weighted by molar-refractivity contribution is -0.138. The first kappa shape index (κ1) is 27.3. The first-order valence-electron chi connectivity index (χ1n) is 13.5. The quantitative estimate of drug-likeness (QED) is 0.368. The Bertz CT molecular complexity index is 1490. The monoisotopic (exact) mass is 540 g/mol. The van der Waals surface area contributed by atoms with Crippen molar-refractivity contribution in [1.82, 2.24) is 0 Å². The number of halogens is 1. The molecular weight excluding hydrogens is 507 g/mol. The highest BCUT2D eigenvalue weighted by Gasteiger charge is 2.41. The molecule has 1 aliphatic heterocycles. The average molecular weight is 541 g/mol. The fourth-order valence-electron chi connectivity index (χ4n) is 5.65. The van der Waals surface area contributed by atoms with Gasteiger partial charge in [0.25, 0.3) is 0 Å². The normalized spacial score (nSPS) is 18.9. The molecule has 3 aromatic rings. The molecule has 2 atom stereocenters. The van der Waals surface area contributed by atoms with E-state index in [-0.39, 0.29) is 36.4 Å². The number of ketones is 1. The summed E-state index contributed by atoms with van der Waals surface area (Å²) in [5.74, 6) is -2.09. The van der Waals surface area contributed by atoms with Crippen LogP contribution in [0.25, 0.3) is 0 Å². The maximum atomic E-state index is 14.0. The van der Waals surface area contributed by atoms with Gasteiger partial charge in [0.2, 0.25) is 5.91 Å². The van der Waals surface area contributed by atoms with Gasteiger partial charge in [0.1, 0.15) is 5.82 Å². The van der Waals surface area contributed by atoms with Crippen LogP contribution in [-0.2, 0) is 19.8 Å². The second kappa shape index (κ2) is 10.7. The maximum Gasteiger partial charge on any atom is 0.303 e. The summed E-state index contributed by atoms with van der Waals surface area (Å²) in [5, 5.41) is 12.7. The lowest BCUT2D eigenvalue weighted by Crippen LogP contribution is -2.38. The third-order valence-corrected chi connectivity index (χ3v) is 7.74. The van der Waals surface area contributed by atoms with Crippen molar-refractivity contribution < 1.29 is 23.9 Å². The number of hydrogen-bond acceptors (Lipinski definition) is 4. The van der Waals surface area contributed by atoms with Crippen molar-refractivity contribution >= 4 is 29.0 Å². The maximum absolute atomic E-state index is 14.0. The summed E-state index contributed by atoms with van der Waals surface area (Å²) in [5.41, 5.74) is 5.25. The van der Waals surface area contributed by atoms with Crippen LogP contribution in [0.3, 0.4) is 0 Å². The number of hydrogen-bond donors (Lipinski definition) is 2. The number of rotatable bonds is 5. The van der Waals surface area contributed by atoms with Crippen molar-refractivity contribution in [2.45, 2.75) is 63.8 Å². The predicted molar refractivity (Wildman–Crippen MR) is 153 cm³/mol. The largest absolute Gasteiger partial charge is 0.481 e. The minimum Gasteiger partial charge on any atom is -0.481 e. The number of anilines is 2. The number of allylic oxidation sites excluding steroid dienone is 1. The number of Topliss-reactive ketones (excluding diaryl/α,β-unsaturated/α-hetero) is 1. The van der Waals surface area contributed by atoms with E-state index in [0.29, 0.717) is 28.9 Å². The van der Waals surface area contributed by atoms with E-state index in [4.69, 9.17) is 0 Å². The zero-order chi connectivity index (χ0) is 28.6. The fourth-order valence-corrected chi connectivity index (χ4v) is 5.65. The number of para-hydroxylation sites is 2. The molecule has 0 unspecified atom stereocenters. The SMILES string of the molecule is CC(C)(C)c1ccc([C@H]2CC(=O)C3=C(C2)Nc2ccccc2N(C(=O)CCC(=O)O)[C@H]3c2ccc(F)cc2)cc1. The first-order chi connectivity index (χ1) is 19.0. The summed E-state index contributed by atoms with van der Waals surface area (Å²) >= 11 is 0. The van der Waals surface area contributed by atoms with E-state index in [1.165, 1.54) is 22.6 Å². The number of carboxylic acid groups (broad SMARTS) is 1.